The van der Waals surface area contributed by atoms with Crippen molar-refractivity contribution < 1.29 is 9.47 Å². The van der Waals surface area contributed by atoms with Crippen LogP contribution in [-0.4, -0.2) is 13.2 Å². The van der Waals surface area contributed by atoms with Crippen molar-refractivity contribution >= 4 is 0 Å². The Morgan fingerprint density at radius 1 is 1.06 bits per heavy atom. The van der Waals surface area contributed by atoms with Gasteiger partial charge in [0.25, 0.3) is 0 Å². The summed E-state index contributed by atoms with van der Waals surface area (Å²) in [5.41, 5.74) is 1.21. The predicted octanol–water partition coefficient (Wildman–Crippen LogP) is 4.35. The van der Waals surface area contributed by atoms with Crippen LogP contribution in [0.15, 0.2) is 18.2 Å². The van der Waals surface area contributed by atoms with Gasteiger partial charge in [-0.05, 0) is 50.3 Å². The highest BCUT2D eigenvalue weighted by Crippen LogP contribution is 2.30. The highest BCUT2D eigenvalue weighted by Gasteiger charge is 2.15. The Hall–Kier alpha value is -1.18. The van der Waals surface area contributed by atoms with E-state index in [4.69, 9.17) is 9.47 Å². The van der Waals surface area contributed by atoms with Gasteiger partial charge in [-0.3, -0.25) is 0 Å². The van der Waals surface area contributed by atoms with Gasteiger partial charge in [-0.15, -0.1) is 0 Å². The number of rotatable bonds is 5. The van der Waals surface area contributed by atoms with Crippen molar-refractivity contribution in [1.29, 1.82) is 0 Å². The Morgan fingerprint density at radius 2 is 1.83 bits per heavy atom. The summed E-state index contributed by atoms with van der Waals surface area (Å²) in [4.78, 5) is 0. The number of hydrogen-bond acceptors (Lipinski definition) is 2. The van der Waals surface area contributed by atoms with Crippen molar-refractivity contribution in [2.45, 2.75) is 46.0 Å². The molecule has 0 bridgehead atoms. The lowest BCUT2D eigenvalue weighted by Crippen LogP contribution is -2.15. The summed E-state index contributed by atoms with van der Waals surface area (Å²) >= 11 is 0. The minimum Gasteiger partial charge on any atom is -0.490 e. The second-order valence-electron chi connectivity index (χ2n) is 5.20. The predicted molar refractivity (Wildman–Crippen MR) is 74.4 cm³/mol. The second kappa shape index (κ2) is 6.67. The molecule has 0 spiro atoms. The molecule has 1 aromatic carbocycles. The molecule has 0 aliphatic heterocycles. The second-order valence-corrected chi connectivity index (χ2v) is 5.20. The molecule has 1 aliphatic carbocycles. The first kappa shape index (κ1) is 13.3. The van der Waals surface area contributed by atoms with Crippen molar-refractivity contribution in [3.63, 3.8) is 0 Å². The fourth-order valence-corrected chi connectivity index (χ4v) is 2.56. The van der Waals surface area contributed by atoms with E-state index in [9.17, 15) is 0 Å². The van der Waals surface area contributed by atoms with Gasteiger partial charge in [-0.1, -0.05) is 25.3 Å². The first-order valence-corrected chi connectivity index (χ1v) is 7.16. The van der Waals surface area contributed by atoms with E-state index in [0.29, 0.717) is 6.61 Å². The molecule has 1 aliphatic rings. The van der Waals surface area contributed by atoms with Crippen molar-refractivity contribution in [3.05, 3.63) is 23.8 Å². The molecule has 2 rings (SSSR count). The van der Waals surface area contributed by atoms with E-state index >= 15 is 0 Å². The average Bonchev–Trinajstić information content (AvgIpc) is 2.39. The van der Waals surface area contributed by atoms with E-state index < -0.39 is 0 Å². The zero-order chi connectivity index (χ0) is 12.8. The zero-order valence-electron chi connectivity index (χ0n) is 11.6. The quantitative estimate of drug-likeness (QED) is 0.771. The van der Waals surface area contributed by atoms with Gasteiger partial charge in [0.1, 0.15) is 0 Å². The summed E-state index contributed by atoms with van der Waals surface area (Å²) in [5.74, 6) is 2.51. The van der Waals surface area contributed by atoms with E-state index in [-0.39, 0.29) is 0 Å². The van der Waals surface area contributed by atoms with Crippen LogP contribution in [0.1, 0.15) is 44.6 Å². The summed E-state index contributed by atoms with van der Waals surface area (Å²) in [7, 11) is 0. The van der Waals surface area contributed by atoms with Crippen LogP contribution >= 0.6 is 0 Å². The van der Waals surface area contributed by atoms with Crippen LogP contribution in [0.4, 0.5) is 0 Å². The fourth-order valence-electron chi connectivity index (χ4n) is 2.56. The van der Waals surface area contributed by atoms with Gasteiger partial charge in [0.05, 0.1) is 13.2 Å². The van der Waals surface area contributed by atoms with E-state index in [1.54, 1.807) is 0 Å². The third-order valence-electron chi connectivity index (χ3n) is 3.60. The van der Waals surface area contributed by atoms with Crippen LogP contribution < -0.4 is 9.47 Å². The minimum absolute atomic E-state index is 0.684. The highest BCUT2D eigenvalue weighted by molar-refractivity contribution is 5.42. The molecule has 0 aromatic heterocycles. The first-order valence-electron chi connectivity index (χ1n) is 7.16. The standard InChI is InChI=1S/C16H24O2/c1-3-17-16-11-13(2)9-10-15(16)18-12-14-7-5-4-6-8-14/h9-11,14H,3-8,12H2,1-2H3. The SMILES string of the molecule is CCOc1cc(C)ccc1OCC1CCCCC1. The zero-order valence-corrected chi connectivity index (χ0v) is 11.6. The van der Waals surface area contributed by atoms with Gasteiger partial charge < -0.3 is 9.47 Å². The lowest BCUT2D eigenvalue weighted by Gasteiger charge is -2.22. The molecule has 0 amide bonds. The molecule has 1 saturated carbocycles. The first-order chi connectivity index (χ1) is 8.79. The number of hydrogen-bond donors (Lipinski definition) is 0. The Balaban J connectivity index is 1.94. The van der Waals surface area contributed by atoms with Crippen LogP contribution in [0, 0.1) is 12.8 Å². The van der Waals surface area contributed by atoms with Crippen molar-refractivity contribution in [1.82, 2.24) is 0 Å². The van der Waals surface area contributed by atoms with E-state index in [1.807, 2.05) is 13.0 Å². The lowest BCUT2D eigenvalue weighted by atomic mass is 9.90. The highest BCUT2D eigenvalue weighted by atomic mass is 16.5. The van der Waals surface area contributed by atoms with Crippen molar-refractivity contribution in [3.8, 4) is 11.5 Å². The maximum absolute atomic E-state index is 5.96. The molecule has 1 aromatic rings. The molecule has 0 heterocycles. The summed E-state index contributed by atoms with van der Waals surface area (Å²) < 4.78 is 11.6. The molecule has 2 nitrogen and oxygen atoms in total. The van der Waals surface area contributed by atoms with Crippen molar-refractivity contribution in [2.24, 2.45) is 5.92 Å². The molecule has 0 saturated heterocycles. The average molecular weight is 248 g/mol. The van der Waals surface area contributed by atoms with Gasteiger partial charge in [0.2, 0.25) is 0 Å². The maximum atomic E-state index is 5.96. The van der Waals surface area contributed by atoms with Crippen LogP contribution in [-0.2, 0) is 0 Å². The van der Waals surface area contributed by atoms with E-state index in [2.05, 4.69) is 19.1 Å². The molecule has 100 valence electrons. The largest absolute Gasteiger partial charge is 0.490 e. The molecular weight excluding hydrogens is 224 g/mol. The molecule has 2 heteroatoms. The van der Waals surface area contributed by atoms with Crippen LogP contribution in [0.3, 0.4) is 0 Å². The maximum Gasteiger partial charge on any atom is 0.161 e. The van der Waals surface area contributed by atoms with Crippen LogP contribution in [0.2, 0.25) is 0 Å². The van der Waals surface area contributed by atoms with Crippen LogP contribution in [0.25, 0.3) is 0 Å². The molecule has 0 radical (unpaired) electrons. The molecule has 0 atom stereocenters. The summed E-state index contributed by atoms with van der Waals surface area (Å²) in [6.45, 7) is 5.60. The van der Waals surface area contributed by atoms with E-state index in [1.165, 1.54) is 37.7 Å². The topological polar surface area (TPSA) is 18.5 Å². The summed E-state index contributed by atoms with van der Waals surface area (Å²) in [6.07, 6.45) is 6.75. The molecule has 1 fully saturated rings. The third-order valence-corrected chi connectivity index (χ3v) is 3.60. The Kier molecular flexibility index (Phi) is 4.91. The number of ether oxygens (including phenoxy) is 2. The van der Waals surface area contributed by atoms with Gasteiger partial charge in [0.15, 0.2) is 11.5 Å². The Labute approximate surface area is 110 Å². The Bertz CT molecular complexity index is 367. The fraction of sp³-hybridized carbons (Fsp3) is 0.625. The van der Waals surface area contributed by atoms with E-state index in [0.717, 1.165) is 24.0 Å². The number of aryl methyl sites for hydroxylation is 1. The number of benzene rings is 1. The monoisotopic (exact) mass is 248 g/mol. The molecule has 0 N–H and O–H groups in total. The molecular formula is C16H24O2. The van der Waals surface area contributed by atoms with Gasteiger partial charge >= 0.3 is 0 Å². The third kappa shape index (κ3) is 3.66. The minimum atomic E-state index is 0.684. The molecule has 18 heavy (non-hydrogen) atoms. The van der Waals surface area contributed by atoms with Crippen LogP contribution in [0.5, 0.6) is 11.5 Å². The van der Waals surface area contributed by atoms with Crippen molar-refractivity contribution in [2.75, 3.05) is 13.2 Å². The van der Waals surface area contributed by atoms with Gasteiger partial charge in [0, 0.05) is 0 Å². The molecule has 0 unspecified atom stereocenters. The normalized spacial score (nSPS) is 16.6. The smallest absolute Gasteiger partial charge is 0.161 e. The van der Waals surface area contributed by atoms with Gasteiger partial charge in [-0.2, -0.15) is 0 Å². The summed E-state index contributed by atoms with van der Waals surface area (Å²) in [6, 6.07) is 6.17. The lowest BCUT2D eigenvalue weighted by molar-refractivity contribution is 0.199. The Morgan fingerprint density at radius 3 is 2.56 bits per heavy atom. The summed E-state index contributed by atoms with van der Waals surface area (Å²) in [5, 5.41) is 0. The van der Waals surface area contributed by atoms with Gasteiger partial charge in [-0.25, -0.2) is 0 Å².